The van der Waals surface area contributed by atoms with Crippen LogP contribution < -0.4 is 16.4 Å². The van der Waals surface area contributed by atoms with Crippen LogP contribution in [0.3, 0.4) is 0 Å². The van der Waals surface area contributed by atoms with Crippen LogP contribution in [0, 0.1) is 5.82 Å². The summed E-state index contributed by atoms with van der Waals surface area (Å²) in [6, 6.07) is 9.96. The van der Waals surface area contributed by atoms with E-state index in [-0.39, 0.29) is 23.6 Å². The minimum atomic E-state index is -0.530. The Morgan fingerprint density at radius 3 is 2.48 bits per heavy atom. The second-order valence-corrected chi connectivity index (χ2v) is 6.28. The summed E-state index contributed by atoms with van der Waals surface area (Å²) < 4.78 is 12.9. The van der Waals surface area contributed by atoms with Crippen LogP contribution in [0.1, 0.15) is 21.6 Å². The number of rotatable bonds is 5. The fourth-order valence-electron chi connectivity index (χ4n) is 2.16. The Hall–Kier alpha value is -2.97. The normalized spacial score (nSPS) is 10.5. The second kappa shape index (κ2) is 8.15. The first-order valence-corrected chi connectivity index (χ1v) is 8.39. The predicted molar refractivity (Wildman–Crippen MR) is 99.4 cm³/mol. The molecule has 0 bridgehead atoms. The molecule has 2 aromatic carbocycles. The molecule has 0 saturated heterocycles. The van der Waals surface area contributed by atoms with Gasteiger partial charge in [0.1, 0.15) is 11.5 Å². The Labute approximate surface area is 162 Å². The van der Waals surface area contributed by atoms with Crippen LogP contribution in [0.4, 0.5) is 10.3 Å². The lowest BCUT2D eigenvalue weighted by Crippen LogP contribution is -2.32. The van der Waals surface area contributed by atoms with Crippen molar-refractivity contribution in [1.29, 1.82) is 0 Å². The van der Waals surface area contributed by atoms with Gasteiger partial charge in [0.05, 0.1) is 10.0 Å². The fourth-order valence-corrected chi connectivity index (χ4v) is 2.49. The SMILES string of the molecule is O=C(NNc1nnc(Cc2ccc(Cl)c(Cl)c2)c(=O)[nH]1)c1ccc(F)cc1. The molecule has 0 saturated carbocycles. The summed E-state index contributed by atoms with van der Waals surface area (Å²) in [5.74, 6) is -1.03. The molecule has 0 radical (unpaired) electrons. The molecule has 1 aromatic heterocycles. The van der Waals surface area contributed by atoms with E-state index < -0.39 is 17.3 Å². The zero-order valence-electron chi connectivity index (χ0n) is 13.6. The molecule has 0 unspecified atom stereocenters. The van der Waals surface area contributed by atoms with Crippen molar-refractivity contribution in [2.45, 2.75) is 6.42 Å². The molecule has 27 heavy (non-hydrogen) atoms. The standard InChI is InChI=1S/C17H12Cl2FN5O2/c18-12-6-1-9(7-13(12)19)8-14-16(27)21-17(24-22-14)25-23-15(26)10-2-4-11(20)5-3-10/h1-7H,8H2,(H,23,26)(H2,21,24,25,27). The molecule has 0 aliphatic heterocycles. The Morgan fingerprint density at radius 1 is 1.07 bits per heavy atom. The van der Waals surface area contributed by atoms with Gasteiger partial charge < -0.3 is 0 Å². The van der Waals surface area contributed by atoms with E-state index in [1.54, 1.807) is 18.2 Å². The lowest BCUT2D eigenvalue weighted by atomic mass is 10.1. The molecule has 1 heterocycles. The molecule has 7 nitrogen and oxygen atoms in total. The number of halogens is 3. The summed E-state index contributed by atoms with van der Waals surface area (Å²) in [5, 5.41) is 8.45. The number of aromatic amines is 1. The molecule has 0 atom stereocenters. The van der Waals surface area contributed by atoms with Crippen LogP contribution in [0.5, 0.6) is 0 Å². The Bertz CT molecular complexity index is 1040. The number of amides is 1. The number of hydrogen-bond donors (Lipinski definition) is 3. The maximum Gasteiger partial charge on any atom is 0.274 e. The topological polar surface area (TPSA) is 99.8 Å². The third-order valence-corrected chi connectivity index (χ3v) is 4.26. The van der Waals surface area contributed by atoms with Gasteiger partial charge in [-0.2, -0.15) is 0 Å². The zero-order chi connectivity index (χ0) is 19.4. The number of nitrogens with one attached hydrogen (secondary N) is 3. The first-order chi connectivity index (χ1) is 12.9. The molecule has 3 aromatic rings. The predicted octanol–water partition coefficient (Wildman–Crippen LogP) is 2.96. The van der Waals surface area contributed by atoms with Crippen LogP contribution in [0.2, 0.25) is 10.0 Å². The summed E-state index contributed by atoms with van der Waals surface area (Å²) in [7, 11) is 0. The molecular weight excluding hydrogens is 396 g/mol. The van der Waals surface area contributed by atoms with Gasteiger partial charge in [-0.15, -0.1) is 10.2 Å². The van der Waals surface area contributed by atoms with Gasteiger partial charge in [-0.05, 0) is 42.0 Å². The fraction of sp³-hybridized carbons (Fsp3) is 0.0588. The van der Waals surface area contributed by atoms with Gasteiger partial charge in [-0.25, -0.2) is 4.39 Å². The van der Waals surface area contributed by atoms with Crippen molar-refractivity contribution in [3.05, 3.63) is 85.5 Å². The molecule has 0 aliphatic rings. The van der Waals surface area contributed by atoms with E-state index >= 15 is 0 Å². The van der Waals surface area contributed by atoms with Gasteiger partial charge in [0, 0.05) is 12.0 Å². The molecule has 1 amide bonds. The van der Waals surface area contributed by atoms with E-state index in [4.69, 9.17) is 23.2 Å². The van der Waals surface area contributed by atoms with Crippen LogP contribution in [0.15, 0.2) is 47.3 Å². The molecule has 0 fully saturated rings. The number of nitrogens with zero attached hydrogens (tertiary/aromatic N) is 2. The lowest BCUT2D eigenvalue weighted by molar-refractivity contribution is 0.0962. The van der Waals surface area contributed by atoms with E-state index in [1.165, 1.54) is 12.1 Å². The van der Waals surface area contributed by atoms with Crippen LogP contribution in [-0.4, -0.2) is 21.1 Å². The summed E-state index contributed by atoms with van der Waals surface area (Å²) in [4.78, 5) is 26.5. The maximum atomic E-state index is 12.9. The smallest absolute Gasteiger partial charge is 0.274 e. The molecule has 10 heteroatoms. The van der Waals surface area contributed by atoms with Crippen molar-refractivity contribution in [2.24, 2.45) is 0 Å². The van der Waals surface area contributed by atoms with Gasteiger partial charge >= 0.3 is 0 Å². The van der Waals surface area contributed by atoms with Gasteiger partial charge in [0.2, 0.25) is 5.95 Å². The van der Waals surface area contributed by atoms with Crippen LogP contribution in [-0.2, 0) is 6.42 Å². The number of anilines is 1. The van der Waals surface area contributed by atoms with Gasteiger partial charge in [-0.3, -0.25) is 25.4 Å². The Kier molecular flexibility index (Phi) is 5.68. The highest BCUT2D eigenvalue weighted by Gasteiger charge is 2.09. The summed E-state index contributed by atoms with van der Waals surface area (Å²) >= 11 is 11.8. The highest BCUT2D eigenvalue weighted by Crippen LogP contribution is 2.23. The Balaban J connectivity index is 1.65. The van der Waals surface area contributed by atoms with E-state index in [9.17, 15) is 14.0 Å². The average Bonchev–Trinajstić information content (AvgIpc) is 2.65. The quantitative estimate of drug-likeness (QED) is 0.564. The van der Waals surface area contributed by atoms with E-state index in [1.807, 2.05) is 0 Å². The van der Waals surface area contributed by atoms with Crippen molar-refractivity contribution in [1.82, 2.24) is 20.6 Å². The second-order valence-electron chi connectivity index (χ2n) is 5.46. The van der Waals surface area contributed by atoms with E-state index in [0.29, 0.717) is 10.0 Å². The number of H-pyrrole nitrogens is 1. The number of benzene rings is 2. The number of carbonyl (C=O) groups is 1. The van der Waals surface area contributed by atoms with Crippen molar-refractivity contribution in [3.8, 4) is 0 Å². The van der Waals surface area contributed by atoms with Gasteiger partial charge in [-0.1, -0.05) is 29.3 Å². The van der Waals surface area contributed by atoms with Gasteiger partial charge in [0.25, 0.3) is 11.5 Å². The summed E-state index contributed by atoms with van der Waals surface area (Å²) in [6.07, 6.45) is 0.210. The zero-order valence-corrected chi connectivity index (χ0v) is 15.1. The van der Waals surface area contributed by atoms with E-state index in [2.05, 4.69) is 26.0 Å². The Morgan fingerprint density at radius 2 is 1.81 bits per heavy atom. The molecule has 0 spiro atoms. The van der Waals surface area contributed by atoms with Crippen LogP contribution in [0.25, 0.3) is 0 Å². The number of hydrazine groups is 1. The van der Waals surface area contributed by atoms with Crippen molar-refractivity contribution < 1.29 is 9.18 Å². The minimum Gasteiger partial charge on any atom is -0.288 e. The molecule has 3 rings (SSSR count). The molecule has 3 N–H and O–H groups in total. The minimum absolute atomic E-state index is 0.0478. The van der Waals surface area contributed by atoms with Crippen molar-refractivity contribution in [2.75, 3.05) is 5.43 Å². The maximum absolute atomic E-state index is 12.9. The van der Waals surface area contributed by atoms with Crippen molar-refractivity contribution in [3.63, 3.8) is 0 Å². The average molecular weight is 408 g/mol. The van der Waals surface area contributed by atoms with Crippen LogP contribution >= 0.6 is 23.2 Å². The molecule has 0 aliphatic carbocycles. The van der Waals surface area contributed by atoms with E-state index in [0.717, 1.165) is 17.7 Å². The molecular formula is C17H12Cl2FN5O2. The number of carbonyl (C=O) groups excluding carboxylic acids is 1. The highest BCUT2D eigenvalue weighted by molar-refractivity contribution is 6.42. The summed E-state index contributed by atoms with van der Waals surface area (Å²) in [6.45, 7) is 0. The third kappa shape index (κ3) is 4.81. The molecule has 138 valence electrons. The van der Waals surface area contributed by atoms with Gasteiger partial charge in [0.15, 0.2) is 0 Å². The first-order valence-electron chi connectivity index (χ1n) is 7.64. The highest BCUT2D eigenvalue weighted by atomic mass is 35.5. The largest absolute Gasteiger partial charge is 0.288 e. The third-order valence-electron chi connectivity index (χ3n) is 3.52. The van der Waals surface area contributed by atoms with Crippen molar-refractivity contribution >= 4 is 35.1 Å². The monoisotopic (exact) mass is 407 g/mol. The first kappa shape index (κ1) is 18.8. The number of hydrogen-bond acceptors (Lipinski definition) is 5. The summed E-state index contributed by atoms with van der Waals surface area (Å²) in [5.41, 5.74) is 5.44. The lowest BCUT2D eigenvalue weighted by Gasteiger charge is -2.07. The number of aromatic nitrogens is 3.